The number of alkyl halides is 1. The molecular formula is C11H12ClF2NO2. The minimum absolute atomic E-state index is 0.0607. The number of carbonyl (C=O) groups excluding carboxylic acids is 1. The van der Waals surface area contributed by atoms with Gasteiger partial charge in [0, 0.05) is 31.5 Å². The summed E-state index contributed by atoms with van der Waals surface area (Å²) < 4.78 is 31.6. The van der Waals surface area contributed by atoms with Gasteiger partial charge in [-0.05, 0) is 0 Å². The Kier molecular flexibility index (Phi) is 4.69. The second kappa shape index (κ2) is 5.82. The number of benzene rings is 1. The molecule has 0 heterocycles. The van der Waals surface area contributed by atoms with Crippen LogP contribution in [0.1, 0.15) is 6.42 Å². The molecule has 3 nitrogen and oxygen atoms in total. The van der Waals surface area contributed by atoms with E-state index in [0.29, 0.717) is 0 Å². The third-order valence-corrected chi connectivity index (χ3v) is 2.45. The zero-order valence-electron chi connectivity index (χ0n) is 9.47. The lowest BCUT2D eigenvalue weighted by molar-refractivity contribution is -0.117. The number of methoxy groups -OCH3 is 1. The first kappa shape index (κ1) is 13.7. The van der Waals surface area contributed by atoms with Crippen LogP contribution in [0.4, 0.5) is 14.5 Å². The molecular weight excluding hydrogens is 252 g/mol. The van der Waals surface area contributed by atoms with Crippen LogP contribution in [0.5, 0.6) is 5.75 Å². The monoisotopic (exact) mass is 263 g/mol. The Bertz CT molecular complexity index is 426. The van der Waals surface area contributed by atoms with E-state index in [-0.39, 0.29) is 29.6 Å². The van der Waals surface area contributed by atoms with Gasteiger partial charge in [-0.15, -0.1) is 11.6 Å². The quantitative estimate of drug-likeness (QED) is 0.782. The predicted molar refractivity (Wildman–Crippen MR) is 61.7 cm³/mol. The maximum absolute atomic E-state index is 13.6. The molecule has 0 aliphatic carbocycles. The third-order valence-electron chi connectivity index (χ3n) is 2.27. The Morgan fingerprint density at radius 2 is 2.06 bits per heavy atom. The Morgan fingerprint density at radius 3 is 2.59 bits per heavy atom. The van der Waals surface area contributed by atoms with Gasteiger partial charge in [-0.3, -0.25) is 4.79 Å². The molecule has 0 spiro atoms. The molecule has 94 valence electrons. The summed E-state index contributed by atoms with van der Waals surface area (Å²) in [7, 11) is 2.60. The number of amides is 1. The number of halogens is 3. The van der Waals surface area contributed by atoms with E-state index in [2.05, 4.69) is 4.74 Å². The van der Waals surface area contributed by atoms with Crippen LogP contribution in [0.25, 0.3) is 0 Å². The first-order valence-electron chi connectivity index (χ1n) is 4.86. The number of carbonyl (C=O) groups is 1. The van der Waals surface area contributed by atoms with Crippen LogP contribution in [0.2, 0.25) is 0 Å². The van der Waals surface area contributed by atoms with Crippen LogP contribution >= 0.6 is 11.6 Å². The van der Waals surface area contributed by atoms with Gasteiger partial charge < -0.3 is 9.64 Å². The molecule has 1 rings (SSSR count). The highest BCUT2D eigenvalue weighted by molar-refractivity contribution is 6.19. The molecule has 17 heavy (non-hydrogen) atoms. The van der Waals surface area contributed by atoms with E-state index in [9.17, 15) is 13.6 Å². The van der Waals surface area contributed by atoms with E-state index < -0.39 is 11.6 Å². The number of nitrogens with zero attached hydrogens (tertiary/aromatic N) is 1. The highest BCUT2D eigenvalue weighted by Crippen LogP contribution is 2.27. The van der Waals surface area contributed by atoms with E-state index in [1.807, 2.05) is 0 Å². The molecule has 0 aliphatic rings. The molecule has 0 unspecified atom stereocenters. The Morgan fingerprint density at radius 1 is 1.41 bits per heavy atom. The summed E-state index contributed by atoms with van der Waals surface area (Å²) in [6.07, 6.45) is 0.0607. The van der Waals surface area contributed by atoms with Crippen molar-refractivity contribution in [2.45, 2.75) is 6.42 Å². The topological polar surface area (TPSA) is 29.5 Å². The second-order valence-corrected chi connectivity index (χ2v) is 3.71. The smallest absolute Gasteiger partial charge is 0.228 e. The molecule has 6 heteroatoms. The largest absolute Gasteiger partial charge is 0.494 e. The van der Waals surface area contributed by atoms with E-state index in [4.69, 9.17) is 11.6 Å². The summed E-state index contributed by atoms with van der Waals surface area (Å²) in [5, 5.41) is 0. The normalized spacial score (nSPS) is 10.2. The summed E-state index contributed by atoms with van der Waals surface area (Å²) in [5.41, 5.74) is -0.140. The van der Waals surface area contributed by atoms with Crippen LogP contribution in [0, 0.1) is 11.6 Å². The molecule has 0 saturated carbocycles. The fourth-order valence-corrected chi connectivity index (χ4v) is 1.48. The van der Waals surface area contributed by atoms with Crippen molar-refractivity contribution in [3.8, 4) is 5.75 Å². The summed E-state index contributed by atoms with van der Waals surface area (Å²) >= 11 is 5.41. The number of ether oxygens (including phenoxy) is 1. The summed E-state index contributed by atoms with van der Waals surface area (Å²) in [4.78, 5) is 12.5. The van der Waals surface area contributed by atoms with Gasteiger partial charge in [-0.2, -0.15) is 0 Å². The molecule has 0 N–H and O–H groups in total. The first-order chi connectivity index (χ1) is 8.01. The van der Waals surface area contributed by atoms with Gasteiger partial charge in [0.05, 0.1) is 12.8 Å². The average molecular weight is 264 g/mol. The highest BCUT2D eigenvalue weighted by Gasteiger charge is 2.17. The lowest BCUT2D eigenvalue weighted by atomic mass is 10.2. The number of rotatable bonds is 4. The molecule has 0 saturated heterocycles. The van der Waals surface area contributed by atoms with E-state index >= 15 is 0 Å². The maximum Gasteiger partial charge on any atom is 0.228 e. The van der Waals surface area contributed by atoms with Gasteiger partial charge in [0.15, 0.2) is 17.4 Å². The fraction of sp³-hybridized carbons (Fsp3) is 0.364. The zero-order chi connectivity index (χ0) is 13.0. The number of anilines is 1. The van der Waals surface area contributed by atoms with Crippen LogP contribution in [-0.2, 0) is 4.79 Å². The molecule has 1 aromatic rings. The van der Waals surface area contributed by atoms with Crippen molar-refractivity contribution < 1.29 is 18.3 Å². The van der Waals surface area contributed by atoms with Gasteiger partial charge in [-0.25, -0.2) is 8.78 Å². The Hall–Kier alpha value is -1.36. The molecule has 1 amide bonds. The molecule has 0 aromatic heterocycles. The fourth-order valence-electron chi connectivity index (χ4n) is 1.31. The summed E-state index contributed by atoms with van der Waals surface area (Å²) in [5.74, 6) is -1.92. The van der Waals surface area contributed by atoms with Crippen molar-refractivity contribution in [1.29, 1.82) is 0 Å². The van der Waals surface area contributed by atoms with E-state index in [0.717, 1.165) is 17.0 Å². The molecule has 0 fully saturated rings. The highest BCUT2D eigenvalue weighted by atomic mass is 35.5. The SMILES string of the molecule is COc1cc(F)c(N(C)C(=O)CCCl)cc1F. The Labute approximate surface area is 103 Å². The van der Waals surface area contributed by atoms with Crippen molar-refractivity contribution >= 4 is 23.2 Å². The van der Waals surface area contributed by atoms with Crippen molar-refractivity contribution in [2.75, 3.05) is 24.9 Å². The van der Waals surface area contributed by atoms with Crippen LogP contribution in [-0.4, -0.2) is 25.9 Å². The van der Waals surface area contributed by atoms with E-state index in [1.54, 1.807) is 0 Å². The third kappa shape index (κ3) is 3.06. The van der Waals surface area contributed by atoms with Crippen molar-refractivity contribution in [3.05, 3.63) is 23.8 Å². The number of hydrogen-bond acceptors (Lipinski definition) is 2. The maximum atomic E-state index is 13.6. The van der Waals surface area contributed by atoms with Crippen molar-refractivity contribution in [2.24, 2.45) is 0 Å². The summed E-state index contributed by atoms with van der Waals surface area (Å²) in [6.45, 7) is 0. The standard InChI is InChI=1S/C11H12ClF2NO2/c1-15(11(16)3-4-12)9-5-8(14)10(17-2)6-7(9)13/h5-6H,3-4H2,1-2H3. The Balaban J connectivity index is 3.06. The second-order valence-electron chi connectivity index (χ2n) is 3.33. The lowest BCUT2D eigenvalue weighted by Gasteiger charge is -2.18. The minimum Gasteiger partial charge on any atom is -0.494 e. The van der Waals surface area contributed by atoms with Gasteiger partial charge in [0.2, 0.25) is 5.91 Å². The van der Waals surface area contributed by atoms with E-state index in [1.165, 1.54) is 14.2 Å². The van der Waals surface area contributed by atoms with Crippen LogP contribution < -0.4 is 9.64 Å². The van der Waals surface area contributed by atoms with Gasteiger partial charge in [0.1, 0.15) is 0 Å². The predicted octanol–water partition coefficient (Wildman–Crippen LogP) is 2.57. The zero-order valence-corrected chi connectivity index (χ0v) is 10.2. The van der Waals surface area contributed by atoms with Crippen molar-refractivity contribution in [1.82, 2.24) is 0 Å². The first-order valence-corrected chi connectivity index (χ1v) is 5.40. The lowest BCUT2D eigenvalue weighted by Crippen LogP contribution is -2.27. The molecule has 1 aromatic carbocycles. The molecule has 0 atom stereocenters. The van der Waals surface area contributed by atoms with Gasteiger partial charge >= 0.3 is 0 Å². The van der Waals surface area contributed by atoms with Crippen LogP contribution in [0.15, 0.2) is 12.1 Å². The minimum atomic E-state index is -0.728. The van der Waals surface area contributed by atoms with Crippen molar-refractivity contribution in [3.63, 3.8) is 0 Å². The van der Waals surface area contributed by atoms with Crippen LogP contribution in [0.3, 0.4) is 0 Å². The van der Waals surface area contributed by atoms with Gasteiger partial charge in [0.25, 0.3) is 0 Å². The van der Waals surface area contributed by atoms with Gasteiger partial charge in [-0.1, -0.05) is 0 Å². The summed E-state index contributed by atoms with van der Waals surface area (Å²) in [6, 6.07) is 1.81. The molecule has 0 bridgehead atoms. The number of hydrogen-bond donors (Lipinski definition) is 0. The average Bonchev–Trinajstić information content (AvgIpc) is 2.31. The molecule has 0 radical (unpaired) electrons. The molecule has 0 aliphatic heterocycles.